The van der Waals surface area contributed by atoms with Crippen LogP contribution in [0.1, 0.15) is 18.4 Å². The quantitative estimate of drug-likeness (QED) is 0.612. The number of hydrogen-bond donors (Lipinski definition) is 0. The first-order valence-electron chi connectivity index (χ1n) is 10.4. The van der Waals surface area contributed by atoms with Crippen molar-refractivity contribution in [2.45, 2.75) is 25.4 Å². The summed E-state index contributed by atoms with van der Waals surface area (Å²) in [4.78, 5) is 4.75. The molecule has 0 spiro atoms. The lowest BCUT2D eigenvalue weighted by Crippen LogP contribution is -2.41. The van der Waals surface area contributed by atoms with E-state index in [2.05, 4.69) is 23.9 Å². The van der Waals surface area contributed by atoms with Gasteiger partial charge in [-0.2, -0.15) is 5.10 Å². The average Bonchev–Trinajstić information content (AvgIpc) is 3.18. The third-order valence-corrected chi connectivity index (χ3v) is 5.97. The lowest BCUT2D eigenvalue weighted by molar-refractivity contribution is 0.139. The van der Waals surface area contributed by atoms with Crippen molar-refractivity contribution in [1.29, 1.82) is 0 Å². The van der Waals surface area contributed by atoms with Gasteiger partial charge in [-0.05, 0) is 64.3 Å². The number of likely N-dealkylation sites (tertiary alicyclic amines) is 1. The number of hydrogen-bond acceptors (Lipinski definition) is 4. The second-order valence-electron chi connectivity index (χ2n) is 8.08. The van der Waals surface area contributed by atoms with Crippen LogP contribution in [0.5, 0.6) is 5.75 Å². The third kappa shape index (κ3) is 4.40. The van der Waals surface area contributed by atoms with E-state index in [1.807, 2.05) is 41.2 Å². The zero-order valence-electron chi connectivity index (χ0n) is 17.9. The van der Waals surface area contributed by atoms with Crippen molar-refractivity contribution in [2.75, 3.05) is 34.3 Å². The largest absolute Gasteiger partial charge is 0.497 e. The number of rotatable bonds is 6. The Labute approximate surface area is 177 Å². The molecule has 1 aromatic heterocycles. The second kappa shape index (κ2) is 8.98. The minimum atomic E-state index is -0.323. The molecular weight excluding hydrogens is 379 g/mol. The van der Waals surface area contributed by atoms with E-state index in [9.17, 15) is 4.39 Å². The summed E-state index contributed by atoms with van der Waals surface area (Å²) in [6.45, 7) is 2.94. The Bertz CT molecular complexity index is 980. The highest BCUT2D eigenvalue weighted by Gasteiger charge is 2.23. The zero-order chi connectivity index (χ0) is 21.1. The van der Waals surface area contributed by atoms with Crippen LogP contribution in [0.25, 0.3) is 16.9 Å². The van der Waals surface area contributed by atoms with Crippen molar-refractivity contribution in [2.24, 2.45) is 0 Å². The maximum Gasteiger partial charge on any atom is 0.136 e. The third-order valence-electron chi connectivity index (χ3n) is 5.97. The fourth-order valence-corrected chi connectivity index (χ4v) is 4.11. The number of piperidine rings is 1. The summed E-state index contributed by atoms with van der Waals surface area (Å²) in [5, 5.41) is 4.78. The van der Waals surface area contributed by atoms with Crippen molar-refractivity contribution in [3.63, 3.8) is 0 Å². The Balaban J connectivity index is 1.68. The van der Waals surface area contributed by atoms with E-state index in [-0.39, 0.29) is 5.82 Å². The van der Waals surface area contributed by atoms with E-state index in [1.54, 1.807) is 19.2 Å². The molecular formula is C24H29FN4O. The highest BCUT2D eigenvalue weighted by Crippen LogP contribution is 2.30. The number of para-hydroxylation sites is 1. The van der Waals surface area contributed by atoms with E-state index < -0.39 is 0 Å². The minimum Gasteiger partial charge on any atom is -0.497 e. The molecule has 1 fully saturated rings. The molecule has 0 aliphatic carbocycles. The summed E-state index contributed by atoms with van der Waals surface area (Å²) < 4.78 is 21.9. The Morgan fingerprint density at radius 3 is 2.53 bits per heavy atom. The van der Waals surface area contributed by atoms with Gasteiger partial charge in [-0.15, -0.1) is 0 Å². The van der Waals surface area contributed by atoms with Crippen LogP contribution < -0.4 is 4.74 Å². The summed E-state index contributed by atoms with van der Waals surface area (Å²) in [6, 6.07) is 15.4. The van der Waals surface area contributed by atoms with Crippen LogP contribution in [-0.4, -0.2) is 59.9 Å². The van der Waals surface area contributed by atoms with Gasteiger partial charge in [-0.1, -0.05) is 18.2 Å². The molecule has 2 aromatic carbocycles. The van der Waals surface area contributed by atoms with Gasteiger partial charge in [0, 0.05) is 36.0 Å². The van der Waals surface area contributed by atoms with Crippen molar-refractivity contribution in [3.8, 4) is 22.7 Å². The van der Waals surface area contributed by atoms with Gasteiger partial charge < -0.3 is 9.64 Å². The fourth-order valence-electron chi connectivity index (χ4n) is 4.11. The monoisotopic (exact) mass is 408 g/mol. The SMILES string of the molecule is COc1ccc(-c2nn(-c3ccccc3)cc2CN(C)C2CCN(C)CC2)c(F)c1. The molecule has 1 aliphatic rings. The molecule has 4 rings (SSSR count). The van der Waals surface area contributed by atoms with Gasteiger partial charge in [0.1, 0.15) is 17.3 Å². The molecule has 0 atom stereocenters. The highest BCUT2D eigenvalue weighted by atomic mass is 19.1. The molecule has 6 heteroatoms. The number of methoxy groups -OCH3 is 1. The molecule has 0 unspecified atom stereocenters. The lowest BCUT2D eigenvalue weighted by Gasteiger charge is -2.35. The van der Waals surface area contributed by atoms with E-state index in [0.29, 0.717) is 23.0 Å². The van der Waals surface area contributed by atoms with Gasteiger partial charge in [0.05, 0.1) is 12.8 Å². The summed E-state index contributed by atoms with van der Waals surface area (Å²) in [6.07, 6.45) is 4.32. The van der Waals surface area contributed by atoms with Crippen LogP contribution in [0.2, 0.25) is 0 Å². The predicted molar refractivity (Wildman–Crippen MR) is 117 cm³/mol. The van der Waals surface area contributed by atoms with E-state index >= 15 is 0 Å². The van der Waals surface area contributed by atoms with Crippen molar-refractivity contribution >= 4 is 0 Å². The van der Waals surface area contributed by atoms with Gasteiger partial charge in [0.25, 0.3) is 0 Å². The molecule has 0 amide bonds. The van der Waals surface area contributed by atoms with Crippen molar-refractivity contribution < 1.29 is 9.13 Å². The Morgan fingerprint density at radius 1 is 1.13 bits per heavy atom. The molecule has 30 heavy (non-hydrogen) atoms. The normalized spacial score (nSPS) is 15.6. The molecule has 0 radical (unpaired) electrons. The molecule has 0 N–H and O–H groups in total. The Morgan fingerprint density at radius 2 is 1.87 bits per heavy atom. The smallest absolute Gasteiger partial charge is 0.136 e. The summed E-state index contributed by atoms with van der Waals surface area (Å²) >= 11 is 0. The summed E-state index contributed by atoms with van der Waals surface area (Å²) in [5.41, 5.74) is 3.15. The van der Waals surface area contributed by atoms with Gasteiger partial charge in [0.15, 0.2) is 0 Å². The van der Waals surface area contributed by atoms with Crippen molar-refractivity contribution in [1.82, 2.24) is 19.6 Å². The highest BCUT2D eigenvalue weighted by molar-refractivity contribution is 5.65. The Kier molecular flexibility index (Phi) is 6.16. The number of halogens is 1. The maximum absolute atomic E-state index is 14.9. The average molecular weight is 409 g/mol. The standard InChI is InChI=1S/C24H29FN4O/c1-27-13-11-19(12-14-27)28(2)16-18-17-29(20-7-5-4-6-8-20)26-24(18)22-10-9-21(30-3)15-23(22)25/h4-10,15,17,19H,11-14,16H2,1-3H3. The van der Waals surface area contributed by atoms with Crippen LogP contribution in [0.15, 0.2) is 54.7 Å². The van der Waals surface area contributed by atoms with Gasteiger partial charge in [0.2, 0.25) is 0 Å². The maximum atomic E-state index is 14.9. The van der Waals surface area contributed by atoms with E-state index in [0.717, 1.165) is 43.7 Å². The van der Waals surface area contributed by atoms with Crippen LogP contribution in [-0.2, 0) is 6.54 Å². The zero-order valence-corrected chi connectivity index (χ0v) is 17.9. The topological polar surface area (TPSA) is 33.5 Å². The number of benzene rings is 2. The molecule has 1 saturated heterocycles. The van der Waals surface area contributed by atoms with Crippen molar-refractivity contribution in [3.05, 3.63) is 66.1 Å². The first-order chi connectivity index (χ1) is 14.5. The second-order valence-corrected chi connectivity index (χ2v) is 8.08. The van der Waals surface area contributed by atoms with Crippen LogP contribution >= 0.6 is 0 Å². The molecule has 158 valence electrons. The van der Waals surface area contributed by atoms with Gasteiger partial charge in [-0.3, -0.25) is 4.90 Å². The molecule has 0 saturated carbocycles. The Hall–Kier alpha value is -2.70. The van der Waals surface area contributed by atoms with E-state index in [1.165, 1.54) is 6.07 Å². The minimum absolute atomic E-state index is 0.323. The first-order valence-corrected chi connectivity index (χ1v) is 10.4. The molecule has 1 aliphatic heterocycles. The van der Waals surface area contributed by atoms with E-state index in [4.69, 9.17) is 9.84 Å². The number of nitrogens with zero attached hydrogens (tertiary/aromatic N) is 4. The summed E-state index contributed by atoms with van der Waals surface area (Å²) in [7, 11) is 5.87. The lowest BCUT2D eigenvalue weighted by atomic mass is 10.0. The van der Waals surface area contributed by atoms with Gasteiger partial charge >= 0.3 is 0 Å². The molecule has 2 heterocycles. The summed E-state index contributed by atoms with van der Waals surface area (Å²) in [5.74, 6) is 0.180. The molecule has 0 bridgehead atoms. The van der Waals surface area contributed by atoms with Crippen LogP contribution in [0.3, 0.4) is 0 Å². The van der Waals surface area contributed by atoms with Gasteiger partial charge in [-0.25, -0.2) is 9.07 Å². The number of ether oxygens (including phenoxy) is 1. The van der Waals surface area contributed by atoms with Crippen LogP contribution in [0, 0.1) is 5.82 Å². The molecule has 5 nitrogen and oxygen atoms in total. The molecule has 3 aromatic rings. The first kappa shape index (κ1) is 20.6. The van der Waals surface area contributed by atoms with Crippen LogP contribution in [0.4, 0.5) is 4.39 Å². The predicted octanol–water partition coefficient (Wildman–Crippen LogP) is 4.21. The number of aromatic nitrogens is 2. The fraction of sp³-hybridized carbons (Fsp3) is 0.375.